The van der Waals surface area contributed by atoms with Crippen LogP contribution >= 0.6 is 0 Å². The van der Waals surface area contributed by atoms with E-state index in [4.69, 9.17) is 5.73 Å². The van der Waals surface area contributed by atoms with Crippen LogP contribution < -0.4 is 5.73 Å². The third-order valence-electron chi connectivity index (χ3n) is 3.90. The summed E-state index contributed by atoms with van der Waals surface area (Å²) in [7, 11) is 4.27. The number of nitrogens with two attached hydrogens (primary N) is 1. The summed E-state index contributed by atoms with van der Waals surface area (Å²) in [6.45, 7) is 14.4. The van der Waals surface area contributed by atoms with Gasteiger partial charge in [-0.1, -0.05) is 20.8 Å². The fourth-order valence-corrected chi connectivity index (χ4v) is 2.82. The van der Waals surface area contributed by atoms with Crippen molar-refractivity contribution < 1.29 is 0 Å². The number of rotatable bonds is 9. The second kappa shape index (κ2) is 8.13. The van der Waals surface area contributed by atoms with Crippen molar-refractivity contribution in [3.05, 3.63) is 0 Å². The molecular formula is C15H35N3. The van der Waals surface area contributed by atoms with Gasteiger partial charge in [0.1, 0.15) is 0 Å². The van der Waals surface area contributed by atoms with Crippen LogP contribution in [0.1, 0.15) is 47.5 Å². The summed E-state index contributed by atoms with van der Waals surface area (Å²) in [5.74, 6) is 0.749. The molecule has 0 bridgehead atoms. The van der Waals surface area contributed by atoms with Gasteiger partial charge in [0.25, 0.3) is 0 Å². The quantitative estimate of drug-likeness (QED) is 0.688. The van der Waals surface area contributed by atoms with E-state index in [2.05, 4.69) is 58.5 Å². The topological polar surface area (TPSA) is 32.5 Å². The van der Waals surface area contributed by atoms with E-state index in [0.29, 0.717) is 6.04 Å². The second-order valence-corrected chi connectivity index (χ2v) is 6.53. The van der Waals surface area contributed by atoms with Gasteiger partial charge in [0.05, 0.1) is 0 Å². The molecule has 0 amide bonds. The van der Waals surface area contributed by atoms with Crippen molar-refractivity contribution in [2.45, 2.75) is 59.0 Å². The molecule has 0 aliphatic carbocycles. The molecule has 2 unspecified atom stereocenters. The lowest BCUT2D eigenvalue weighted by Gasteiger charge is -2.45. The zero-order valence-electron chi connectivity index (χ0n) is 13.7. The van der Waals surface area contributed by atoms with Crippen molar-refractivity contribution in [3.63, 3.8) is 0 Å². The number of hydrogen-bond donors (Lipinski definition) is 1. The molecule has 0 saturated carbocycles. The maximum Gasteiger partial charge on any atom is 0.0306 e. The van der Waals surface area contributed by atoms with Gasteiger partial charge >= 0.3 is 0 Å². The van der Waals surface area contributed by atoms with Gasteiger partial charge in [0.15, 0.2) is 0 Å². The Morgan fingerprint density at radius 1 is 1.17 bits per heavy atom. The third kappa shape index (κ3) is 5.68. The van der Waals surface area contributed by atoms with Gasteiger partial charge in [-0.3, -0.25) is 4.90 Å². The van der Waals surface area contributed by atoms with Crippen molar-refractivity contribution in [1.29, 1.82) is 0 Å². The predicted molar refractivity (Wildman–Crippen MR) is 81.9 cm³/mol. The molecule has 0 aromatic carbocycles. The monoisotopic (exact) mass is 257 g/mol. The number of hydrogen-bond acceptors (Lipinski definition) is 3. The molecule has 0 spiro atoms. The van der Waals surface area contributed by atoms with Crippen LogP contribution in [-0.2, 0) is 0 Å². The van der Waals surface area contributed by atoms with Crippen molar-refractivity contribution >= 4 is 0 Å². The number of nitrogens with zero attached hydrogens (tertiary/aromatic N) is 2. The van der Waals surface area contributed by atoms with Crippen LogP contribution in [0.2, 0.25) is 0 Å². The van der Waals surface area contributed by atoms with Gasteiger partial charge in [-0.25, -0.2) is 0 Å². The molecular weight excluding hydrogens is 222 g/mol. The first kappa shape index (κ1) is 17.9. The first-order chi connectivity index (χ1) is 8.26. The standard InChI is InChI=1S/C15H35N3/c1-8-18(14(4)11-17(6)7)15(5,12-16)10-9-13(2)3/h13-14H,8-12,16H2,1-7H3. The van der Waals surface area contributed by atoms with Crippen LogP contribution in [0.15, 0.2) is 0 Å². The maximum atomic E-state index is 6.08. The third-order valence-corrected chi connectivity index (χ3v) is 3.90. The minimum absolute atomic E-state index is 0.133. The van der Waals surface area contributed by atoms with Gasteiger partial charge in [-0.05, 0) is 53.2 Å². The summed E-state index contributed by atoms with van der Waals surface area (Å²) in [5.41, 5.74) is 6.22. The van der Waals surface area contributed by atoms with Crippen LogP contribution in [0.3, 0.4) is 0 Å². The van der Waals surface area contributed by atoms with Crippen LogP contribution in [0.25, 0.3) is 0 Å². The molecule has 0 aromatic heterocycles. The van der Waals surface area contributed by atoms with Crippen molar-refractivity contribution in [2.75, 3.05) is 33.7 Å². The highest BCUT2D eigenvalue weighted by Gasteiger charge is 2.32. The van der Waals surface area contributed by atoms with E-state index < -0.39 is 0 Å². The van der Waals surface area contributed by atoms with Crippen LogP contribution in [0.4, 0.5) is 0 Å². The van der Waals surface area contributed by atoms with Gasteiger partial charge in [0.2, 0.25) is 0 Å². The molecule has 3 nitrogen and oxygen atoms in total. The van der Waals surface area contributed by atoms with Gasteiger partial charge in [-0.15, -0.1) is 0 Å². The molecule has 2 atom stereocenters. The largest absolute Gasteiger partial charge is 0.329 e. The summed E-state index contributed by atoms with van der Waals surface area (Å²) in [6.07, 6.45) is 2.44. The molecule has 0 rings (SSSR count). The minimum atomic E-state index is 0.133. The van der Waals surface area contributed by atoms with Gasteiger partial charge < -0.3 is 10.6 Å². The lowest BCUT2D eigenvalue weighted by Crippen LogP contribution is -2.57. The van der Waals surface area contributed by atoms with Gasteiger partial charge in [-0.2, -0.15) is 0 Å². The summed E-state index contributed by atoms with van der Waals surface area (Å²) < 4.78 is 0. The van der Waals surface area contributed by atoms with Crippen LogP contribution in [0.5, 0.6) is 0 Å². The summed E-state index contributed by atoms with van der Waals surface area (Å²) >= 11 is 0. The van der Waals surface area contributed by atoms with E-state index in [1.54, 1.807) is 0 Å². The van der Waals surface area contributed by atoms with Crippen molar-refractivity contribution in [2.24, 2.45) is 11.7 Å². The molecule has 3 heteroatoms. The van der Waals surface area contributed by atoms with E-state index in [1.165, 1.54) is 12.8 Å². The Balaban J connectivity index is 4.72. The minimum Gasteiger partial charge on any atom is -0.329 e. The van der Waals surface area contributed by atoms with Crippen molar-refractivity contribution in [1.82, 2.24) is 9.80 Å². The highest BCUT2D eigenvalue weighted by atomic mass is 15.3. The smallest absolute Gasteiger partial charge is 0.0306 e. The van der Waals surface area contributed by atoms with E-state index in [0.717, 1.165) is 25.6 Å². The van der Waals surface area contributed by atoms with E-state index in [-0.39, 0.29) is 5.54 Å². The van der Waals surface area contributed by atoms with Crippen LogP contribution in [0, 0.1) is 5.92 Å². The Hall–Kier alpha value is -0.120. The lowest BCUT2D eigenvalue weighted by molar-refractivity contribution is 0.0509. The van der Waals surface area contributed by atoms with Crippen molar-refractivity contribution in [3.8, 4) is 0 Å². The molecule has 18 heavy (non-hydrogen) atoms. The molecule has 0 aliphatic heterocycles. The summed E-state index contributed by atoms with van der Waals surface area (Å²) in [4.78, 5) is 4.84. The van der Waals surface area contributed by atoms with E-state index in [1.807, 2.05) is 0 Å². The number of likely N-dealkylation sites (N-methyl/N-ethyl adjacent to an activating group) is 2. The summed E-state index contributed by atoms with van der Waals surface area (Å²) in [5, 5.41) is 0. The van der Waals surface area contributed by atoms with Crippen LogP contribution in [-0.4, -0.2) is 55.1 Å². The molecule has 0 radical (unpaired) electrons. The molecule has 0 aliphatic rings. The molecule has 110 valence electrons. The molecule has 0 heterocycles. The predicted octanol–water partition coefficient (Wildman–Crippen LogP) is 2.41. The Morgan fingerprint density at radius 3 is 2.06 bits per heavy atom. The summed E-state index contributed by atoms with van der Waals surface area (Å²) in [6, 6.07) is 0.547. The first-order valence-electron chi connectivity index (χ1n) is 7.38. The first-order valence-corrected chi connectivity index (χ1v) is 7.38. The Morgan fingerprint density at radius 2 is 1.72 bits per heavy atom. The SMILES string of the molecule is CCN(C(C)CN(C)C)C(C)(CN)CCC(C)C. The maximum absolute atomic E-state index is 6.08. The normalized spacial score (nSPS) is 17.5. The Kier molecular flexibility index (Phi) is 8.08. The Bertz CT molecular complexity index is 216. The molecule has 2 N–H and O–H groups in total. The molecule has 0 saturated heterocycles. The second-order valence-electron chi connectivity index (χ2n) is 6.53. The van der Waals surface area contributed by atoms with Gasteiger partial charge in [0, 0.05) is 24.7 Å². The Labute approximate surface area is 115 Å². The average molecular weight is 257 g/mol. The fourth-order valence-electron chi connectivity index (χ4n) is 2.82. The lowest BCUT2D eigenvalue weighted by atomic mass is 9.89. The highest BCUT2D eigenvalue weighted by molar-refractivity contribution is 4.90. The zero-order chi connectivity index (χ0) is 14.3. The highest BCUT2D eigenvalue weighted by Crippen LogP contribution is 2.25. The molecule has 0 fully saturated rings. The fraction of sp³-hybridized carbons (Fsp3) is 1.00. The molecule has 0 aromatic rings. The average Bonchev–Trinajstić information content (AvgIpc) is 2.26. The van der Waals surface area contributed by atoms with E-state index in [9.17, 15) is 0 Å². The van der Waals surface area contributed by atoms with E-state index >= 15 is 0 Å². The zero-order valence-corrected chi connectivity index (χ0v) is 13.7.